The lowest BCUT2D eigenvalue weighted by atomic mass is 9.74. The summed E-state index contributed by atoms with van der Waals surface area (Å²) in [5, 5.41) is 29.6. The van der Waals surface area contributed by atoms with Crippen molar-refractivity contribution >= 4 is 0 Å². The van der Waals surface area contributed by atoms with E-state index in [1.165, 1.54) is 11.1 Å². The maximum absolute atomic E-state index is 10.6. The first-order valence-electron chi connectivity index (χ1n) is 10.3. The standard InChI is InChI=1S/C23H31NO3/c1-2-3-4-7-18(25)9-10-19-20-13-16-6-5-8-23(27-12-11-24)21(16)14-17(20)15-22(19)26/h5-6,8-10,17-20,22,25-26H,2-4,7,12-15H2,1H3/b10-9+/t17-,18-,19+,20-,22+/m0/s1. The summed E-state index contributed by atoms with van der Waals surface area (Å²) in [4.78, 5) is 0. The summed E-state index contributed by atoms with van der Waals surface area (Å²) >= 11 is 0. The van der Waals surface area contributed by atoms with Gasteiger partial charge in [0.2, 0.25) is 0 Å². The fourth-order valence-electron chi connectivity index (χ4n) is 4.80. The van der Waals surface area contributed by atoms with Crippen LogP contribution in [0.1, 0.15) is 50.2 Å². The number of benzene rings is 1. The van der Waals surface area contributed by atoms with E-state index in [2.05, 4.69) is 19.1 Å². The maximum Gasteiger partial charge on any atom is 0.174 e. The number of unbranched alkanes of at least 4 members (excludes halogenated alkanes) is 2. The highest BCUT2D eigenvalue weighted by atomic mass is 16.5. The summed E-state index contributed by atoms with van der Waals surface area (Å²) in [6.45, 7) is 2.23. The summed E-state index contributed by atoms with van der Waals surface area (Å²) in [5.74, 6) is 1.74. The minimum Gasteiger partial charge on any atom is -0.478 e. The van der Waals surface area contributed by atoms with E-state index < -0.39 is 6.10 Å². The number of nitrogens with zero attached hydrogens (tertiary/aromatic N) is 1. The van der Waals surface area contributed by atoms with E-state index in [-0.39, 0.29) is 18.6 Å². The molecule has 5 atom stereocenters. The van der Waals surface area contributed by atoms with Crippen LogP contribution >= 0.6 is 0 Å². The molecule has 1 aromatic carbocycles. The molecule has 4 nitrogen and oxygen atoms in total. The topological polar surface area (TPSA) is 73.5 Å². The Balaban J connectivity index is 1.69. The lowest BCUT2D eigenvalue weighted by Gasteiger charge is -2.31. The molecule has 1 saturated carbocycles. The average molecular weight is 370 g/mol. The van der Waals surface area contributed by atoms with Crippen molar-refractivity contribution in [2.45, 2.75) is 64.1 Å². The SMILES string of the molecule is CCCCC[C@H](O)/C=C/[C@@H]1[C@H]2Cc3cccc(OCC#N)c3C[C@H]2C[C@H]1O. The molecule has 2 aliphatic carbocycles. The number of ether oxygens (including phenoxy) is 1. The molecule has 0 radical (unpaired) electrons. The molecule has 0 aliphatic heterocycles. The molecular formula is C23H31NO3. The van der Waals surface area contributed by atoms with Gasteiger partial charge in [-0.1, -0.05) is 50.5 Å². The van der Waals surface area contributed by atoms with Gasteiger partial charge in [0.1, 0.15) is 11.8 Å². The highest BCUT2D eigenvalue weighted by molar-refractivity contribution is 5.43. The first-order valence-corrected chi connectivity index (χ1v) is 10.3. The zero-order valence-corrected chi connectivity index (χ0v) is 16.2. The lowest BCUT2D eigenvalue weighted by Crippen LogP contribution is -2.26. The summed E-state index contributed by atoms with van der Waals surface area (Å²) in [7, 11) is 0. The first-order chi connectivity index (χ1) is 13.1. The van der Waals surface area contributed by atoms with Crippen LogP contribution in [0, 0.1) is 29.1 Å². The van der Waals surface area contributed by atoms with Crippen LogP contribution in [0.4, 0.5) is 0 Å². The Labute approximate surface area is 162 Å². The minimum atomic E-state index is -0.412. The van der Waals surface area contributed by atoms with Gasteiger partial charge < -0.3 is 14.9 Å². The number of hydrogen-bond acceptors (Lipinski definition) is 4. The Kier molecular flexibility index (Phi) is 6.93. The number of rotatable bonds is 8. The third-order valence-corrected chi connectivity index (χ3v) is 6.19. The molecule has 1 fully saturated rings. The van der Waals surface area contributed by atoms with E-state index in [1.54, 1.807) is 0 Å². The van der Waals surface area contributed by atoms with Crippen LogP contribution in [0.15, 0.2) is 30.4 Å². The fourth-order valence-corrected chi connectivity index (χ4v) is 4.80. The van der Waals surface area contributed by atoms with Crippen LogP contribution < -0.4 is 4.74 Å². The van der Waals surface area contributed by atoms with Gasteiger partial charge in [0, 0.05) is 5.92 Å². The molecule has 4 heteroatoms. The largest absolute Gasteiger partial charge is 0.478 e. The molecule has 3 rings (SSSR count). The Hall–Kier alpha value is -1.83. The van der Waals surface area contributed by atoms with Crippen LogP contribution in [-0.2, 0) is 12.8 Å². The Bertz CT molecular complexity index is 693. The first kappa shape index (κ1) is 19.9. The van der Waals surface area contributed by atoms with Crippen molar-refractivity contribution in [3.63, 3.8) is 0 Å². The predicted molar refractivity (Wildman–Crippen MR) is 105 cm³/mol. The molecule has 0 spiro atoms. The second-order valence-electron chi connectivity index (χ2n) is 8.00. The Morgan fingerprint density at radius 3 is 2.96 bits per heavy atom. The number of hydrogen-bond donors (Lipinski definition) is 2. The van der Waals surface area contributed by atoms with Crippen LogP contribution in [0.25, 0.3) is 0 Å². The second kappa shape index (κ2) is 9.39. The van der Waals surface area contributed by atoms with E-state index in [0.29, 0.717) is 11.8 Å². The summed E-state index contributed by atoms with van der Waals surface area (Å²) in [6.07, 6.45) is 9.93. The highest BCUT2D eigenvalue weighted by Crippen LogP contribution is 2.47. The van der Waals surface area contributed by atoms with Crippen molar-refractivity contribution in [2.75, 3.05) is 6.61 Å². The molecule has 0 aromatic heterocycles. The molecular weight excluding hydrogens is 338 g/mol. The van der Waals surface area contributed by atoms with Gasteiger partial charge in [-0.15, -0.1) is 0 Å². The Morgan fingerprint density at radius 2 is 2.19 bits per heavy atom. The van der Waals surface area contributed by atoms with Gasteiger partial charge in [-0.05, 0) is 54.7 Å². The zero-order chi connectivity index (χ0) is 19.2. The predicted octanol–water partition coefficient (Wildman–Crippen LogP) is 3.80. The molecule has 1 aromatic rings. The van der Waals surface area contributed by atoms with E-state index >= 15 is 0 Å². The molecule has 0 bridgehead atoms. The minimum absolute atomic E-state index is 0.0639. The van der Waals surface area contributed by atoms with Gasteiger partial charge in [-0.3, -0.25) is 0 Å². The van der Waals surface area contributed by atoms with Crippen LogP contribution in [0.2, 0.25) is 0 Å². The van der Waals surface area contributed by atoms with Crippen LogP contribution in [0.5, 0.6) is 5.75 Å². The lowest BCUT2D eigenvalue weighted by molar-refractivity contribution is 0.140. The molecule has 27 heavy (non-hydrogen) atoms. The molecule has 0 amide bonds. The third-order valence-electron chi connectivity index (χ3n) is 6.19. The van der Waals surface area contributed by atoms with Crippen molar-refractivity contribution in [1.29, 1.82) is 5.26 Å². The number of aliphatic hydroxyl groups is 2. The average Bonchev–Trinajstić information content (AvgIpc) is 2.97. The van der Waals surface area contributed by atoms with Crippen molar-refractivity contribution in [2.24, 2.45) is 17.8 Å². The molecule has 0 heterocycles. The van der Waals surface area contributed by atoms with Crippen molar-refractivity contribution in [1.82, 2.24) is 0 Å². The number of nitriles is 1. The highest BCUT2D eigenvalue weighted by Gasteiger charge is 2.44. The smallest absolute Gasteiger partial charge is 0.174 e. The van der Waals surface area contributed by atoms with Gasteiger partial charge in [-0.25, -0.2) is 0 Å². The van der Waals surface area contributed by atoms with E-state index in [9.17, 15) is 10.2 Å². The van der Waals surface area contributed by atoms with Gasteiger partial charge in [0.25, 0.3) is 0 Å². The summed E-state index contributed by atoms with van der Waals surface area (Å²) in [6, 6.07) is 8.09. The normalized spacial score (nSPS) is 27.8. The van der Waals surface area contributed by atoms with Crippen molar-refractivity contribution in [3.05, 3.63) is 41.5 Å². The molecule has 146 valence electrons. The second-order valence-corrected chi connectivity index (χ2v) is 8.00. The van der Waals surface area contributed by atoms with Gasteiger partial charge in [-0.2, -0.15) is 5.26 Å². The van der Waals surface area contributed by atoms with E-state index in [4.69, 9.17) is 10.00 Å². The molecule has 0 unspecified atom stereocenters. The van der Waals surface area contributed by atoms with Gasteiger partial charge >= 0.3 is 0 Å². The summed E-state index contributed by atoms with van der Waals surface area (Å²) < 4.78 is 5.61. The van der Waals surface area contributed by atoms with E-state index in [0.717, 1.165) is 50.7 Å². The molecule has 2 aliphatic rings. The van der Waals surface area contributed by atoms with Crippen LogP contribution in [-0.4, -0.2) is 29.0 Å². The Morgan fingerprint density at radius 1 is 1.33 bits per heavy atom. The number of fused-ring (bicyclic) bond motifs is 2. The molecule has 0 saturated heterocycles. The zero-order valence-electron chi connectivity index (χ0n) is 16.2. The van der Waals surface area contributed by atoms with Gasteiger partial charge in [0.15, 0.2) is 6.61 Å². The fraction of sp³-hybridized carbons (Fsp3) is 0.609. The van der Waals surface area contributed by atoms with Crippen molar-refractivity contribution in [3.8, 4) is 11.8 Å². The van der Waals surface area contributed by atoms with E-state index in [1.807, 2.05) is 24.3 Å². The van der Waals surface area contributed by atoms with Crippen LogP contribution in [0.3, 0.4) is 0 Å². The monoisotopic (exact) mass is 369 g/mol. The molecule has 2 N–H and O–H groups in total. The maximum atomic E-state index is 10.6. The third kappa shape index (κ3) is 4.72. The summed E-state index contributed by atoms with van der Waals surface area (Å²) in [5.41, 5.74) is 2.47. The van der Waals surface area contributed by atoms with Crippen molar-refractivity contribution < 1.29 is 14.9 Å². The van der Waals surface area contributed by atoms with Gasteiger partial charge in [0.05, 0.1) is 12.2 Å². The quantitative estimate of drug-likeness (QED) is 0.540. The number of aliphatic hydroxyl groups excluding tert-OH is 2.